The number of piperidine rings is 1. The number of benzene rings is 1. The summed E-state index contributed by atoms with van der Waals surface area (Å²) in [5, 5.41) is 9.98. The highest BCUT2D eigenvalue weighted by atomic mass is 35.5. The Balaban J connectivity index is 0.00000160. The maximum atomic E-state index is 13.6. The largest absolute Gasteiger partial charge is 0.355 e. The molecule has 6 nitrogen and oxygen atoms in total. The van der Waals surface area contributed by atoms with Crippen molar-refractivity contribution in [2.75, 3.05) is 13.1 Å². The Morgan fingerprint density at radius 1 is 1.17 bits per heavy atom. The van der Waals surface area contributed by atoms with Crippen LogP contribution in [-0.4, -0.2) is 35.2 Å². The van der Waals surface area contributed by atoms with Gasteiger partial charge >= 0.3 is 0 Å². The number of hydrogen-bond donors (Lipinski definition) is 2. The van der Waals surface area contributed by atoms with Crippen molar-refractivity contribution in [2.45, 2.75) is 18.4 Å². The van der Waals surface area contributed by atoms with Crippen LogP contribution in [0.4, 0.5) is 8.78 Å². The van der Waals surface area contributed by atoms with Crippen molar-refractivity contribution in [1.82, 2.24) is 20.8 Å². The summed E-state index contributed by atoms with van der Waals surface area (Å²) in [5.74, 6) is -1.86. The Labute approximate surface area is 184 Å². The van der Waals surface area contributed by atoms with Crippen molar-refractivity contribution in [2.24, 2.45) is 0 Å². The molecule has 2 atom stereocenters. The standard InChI is InChI=1S/C20H18F2N4O2.2ClH/c21-15-4-3-12(8-16(15)22)14-5-7-24-11-18(14)25-20(27)17-9-19(28-26-17)13-2-1-6-23-10-13;;/h1-4,6,8-10,14,18,24H,5,7,11H2,(H,25,27);2*1H. The third-order valence-electron chi connectivity index (χ3n) is 4.86. The average Bonchev–Trinajstić information content (AvgIpc) is 3.22. The van der Waals surface area contributed by atoms with Gasteiger partial charge in [-0.25, -0.2) is 8.78 Å². The number of amides is 1. The lowest BCUT2D eigenvalue weighted by Crippen LogP contribution is -2.50. The molecule has 160 valence electrons. The van der Waals surface area contributed by atoms with E-state index in [0.29, 0.717) is 29.9 Å². The molecule has 30 heavy (non-hydrogen) atoms. The van der Waals surface area contributed by atoms with E-state index in [1.165, 1.54) is 6.07 Å². The zero-order valence-electron chi connectivity index (χ0n) is 15.7. The van der Waals surface area contributed by atoms with Gasteiger partial charge in [-0.15, -0.1) is 24.8 Å². The average molecular weight is 457 g/mol. The van der Waals surface area contributed by atoms with E-state index in [2.05, 4.69) is 20.8 Å². The van der Waals surface area contributed by atoms with Crippen LogP contribution in [0.15, 0.2) is 53.3 Å². The van der Waals surface area contributed by atoms with Crippen LogP contribution in [0.5, 0.6) is 0 Å². The van der Waals surface area contributed by atoms with Gasteiger partial charge in [0.2, 0.25) is 0 Å². The molecular weight excluding hydrogens is 437 g/mol. The molecule has 10 heteroatoms. The summed E-state index contributed by atoms with van der Waals surface area (Å²) in [5.41, 5.74) is 1.52. The molecule has 0 bridgehead atoms. The molecule has 0 spiro atoms. The van der Waals surface area contributed by atoms with Gasteiger partial charge in [0.25, 0.3) is 5.91 Å². The third-order valence-corrected chi connectivity index (χ3v) is 4.86. The molecule has 1 aliphatic heterocycles. The van der Waals surface area contributed by atoms with Crippen molar-refractivity contribution in [3.05, 3.63) is 71.7 Å². The number of nitrogens with zero attached hydrogens (tertiary/aromatic N) is 2. The molecule has 2 aromatic heterocycles. The third kappa shape index (κ3) is 5.13. The van der Waals surface area contributed by atoms with Gasteiger partial charge in [0.15, 0.2) is 23.1 Å². The number of nitrogens with one attached hydrogen (secondary N) is 2. The lowest BCUT2D eigenvalue weighted by Gasteiger charge is -2.33. The minimum atomic E-state index is -0.890. The second-order valence-corrected chi connectivity index (χ2v) is 6.67. The Bertz CT molecular complexity index is 988. The van der Waals surface area contributed by atoms with E-state index in [1.54, 1.807) is 36.7 Å². The molecule has 3 aromatic rings. The minimum Gasteiger partial charge on any atom is -0.355 e. The molecule has 1 amide bonds. The van der Waals surface area contributed by atoms with Crippen LogP contribution in [0.25, 0.3) is 11.3 Å². The Morgan fingerprint density at radius 2 is 2.00 bits per heavy atom. The zero-order valence-corrected chi connectivity index (χ0v) is 17.3. The highest BCUT2D eigenvalue weighted by Gasteiger charge is 2.29. The maximum Gasteiger partial charge on any atom is 0.273 e. The summed E-state index contributed by atoms with van der Waals surface area (Å²) in [6.07, 6.45) is 3.95. The molecule has 1 saturated heterocycles. The van der Waals surface area contributed by atoms with E-state index in [-0.39, 0.29) is 48.4 Å². The van der Waals surface area contributed by atoms with Crippen molar-refractivity contribution in [3.8, 4) is 11.3 Å². The van der Waals surface area contributed by atoms with Gasteiger partial charge in [-0.2, -0.15) is 0 Å². The first-order valence-electron chi connectivity index (χ1n) is 8.95. The number of pyridine rings is 1. The number of hydrogen-bond acceptors (Lipinski definition) is 5. The fourth-order valence-electron chi connectivity index (χ4n) is 3.42. The molecule has 2 unspecified atom stereocenters. The van der Waals surface area contributed by atoms with Crippen LogP contribution in [0, 0.1) is 11.6 Å². The summed E-state index contributed by atoms with van der Waals surface area (Å²) in [4.78, 5) is 16.7. The first-order chi connectivity index (χ1) is 13.6. The molecule has 4 rings (SSSR count). The smallest absolute Gasteiger partial charge is 0.273 e. The van der Waals surface area contributed by atoms with Crippen molar-refractivity contribution in [3.63, 3.8) is 0 Å². The van der Waals surface area contributed by atoms with Crippen LogP contribution < -0.4 is 10.6 Å². The number of carbonyl (C=O) groups is 1. The molecule has 1 aromatic carbocycles. The number of halogens is 4. The molecule has 0 saturated carbocycles. The van der Waals surface area contributed by atoms with Crippen LogP contribution >= 0.6 is 24.8 Å². The second kappa shape index (κ2) is 10.5. The summed E-state index contributed by atoms with van der Waals surface area (Å²) >= 11 is 0. The van der Waals surface area contributed by atoms with E-state index in [4.69, 9.17) is 4.52 Å². The predicted octanol–water partition coefficient (Wildman–Crippen LogP) is 3.73. The molecule has 3 heterocycles. The topological polar surface area (TPSA) is 80.0 Å². The highest BCUT2D eigenvalue weighted by Crippen LogP contribution is 2.27. The van der Waals surface area contributed by atoms with Gasteiger partial charge < -0.3 is 15.2 Å². The maximum absolute atomic E-state index is 13.6. The van der Waals surface area contributed by atoms with Crippen LogP contribution in [0.2, 0.25) is 0 Å². The summed E-state index contributed by atoms with van der Waals surface area (Å²) in [7, 11) is 0. The van der Waals surface area contributed by atoms with Gasteiger partial charge in [0.05, 0.1) is 0 Å². The van der Waals surface area contributed by atoms with Gasteiger partial charge in [-0.3, -0.25) is 9.78 Å². The van der Waals surface area contributed by atoms with Gasteiger partial charge in [0, 0.05) is 42.5 Å². The van der Waals surface area contributed by atoms with Gasteiger partial charge in [-0.05, 0) is 42.8 Å². The van der Waals surface area contributed by atoms with Crippen LogP contribution in [0.1, 0.15) is 28.4 Å². The predicted molar refractivity (Wildman–Crippen MR) is 112 cm³/mol. The Kier molecular flexibility index (Phi) is 8.28. The molecule has 0 aliphatic carbocycles. The van der Waals surface area contributed by atoms with Gasteiger partial charge in [0.1, 0.15) is 0 Å². The zero-order chi connectivity index (χ0) is 19.5. The summed E-state index contributed by atoms with van der Waals surface area (Å²) < 4.78 is 32.1. The second-order valence-electron chi connectivity index (χ2n) is 6.67. The SMILES string of the molecule is Cl.Cl.O=C(NC1CNCCC1c1ccc(F)c(F)c1)c1cc(-c2cccnc2)on1. The highest BCUT2D eigenvalue weighted by molar-refractivity contribution is 5.93. The number of aromatic nitrogens is 2. The minimum absolute atomic E-state index is 0. The fraction of sp³-hybridized carbons (Fsp3) is 0.250. The molecule has 1 fully saturated rings. The normalized spacial score (nSPS) is 18.1. The van der Waals surface area contributed by atoms with E-state index >= 15 is 0 Å². The number of carbonyl (C=O) groups excluding carboxylic acids is 1. The van der Waals surface area contributed by atoms with E-state index < -0.39 is 11.6 Å². The lowest BCUT2D eigenvalue weighted by atomic mass is 9.86. The van der Waals surface area contributed by atoms with Crippen molar-refractivity contribution in [1.29, 1.82) is 0 Å². The van der Waals surface area contributed by atoms with E-state index in [0.717, 1.165) is 12.6 Å². The first kappa shape index (κ1) is 23.7. The van der Waals surface area contributed by atoms with Crippen molar-refractivity contribution >= 4 is 30.7 Å². The fourth-order valence-corrected chi connectivity index (χ4v) is 3.42. The number of rotatable bonds is 4. The van der Waals surface area contributed by atoms with Gasteiger partial charge in [-0.1, -0.05) is 11.2 Å². The van der Waals surface area contributed by atoms with E-state index in [9.17, 15) is 13.6 Å². The summed E-state index contributed by atoms with van der Waals surface area (Å²) in [6.45, 7) is 1.24. The summed E-state index contributed by atoms with van der Waals surface area (Å²) in [6, 6.07) is 8.70. The molecular formula is C20H20Cl2F2N4O2. The first-order valence-corrected chi connectivity index (χ1v) is 8.95. The van der Waals surface area contributed by atoms with Crippen molar-refractivity contribution < 1.29 is 18.1 Å². The van der Waals surface area contributed by atoms with Crippen LogP contribution in [-0.2, 0) is 0 Å². The quantitative estimate of drug-likeness (QED) is 0.624. The van der Waals surface area contributed by atoms with Crippen LogP contribution in [0.3, 0.4) is 0 Å². The lowest BCUT2D eigenvalue weighted by molar-refractivity contribution is 0.0915. The van der Waals surface area contributed by atoms with E-state index in [1.807, 2.05) is 0 Å². The molecule has 0 radical (unpaired) electrons. The molecule has 1 aliphatic rings. The monoisotopic (exact) mass is 456 g/mol. The molecule has 2 N–H and O–H groups in total. The Morgan fingerprint density at radius 3 is 2.73 bits per heavy atom. The Hall–Kier alpha value is -2.55.